The molecule has 10 heteroatoms. The largest absolute Gasteiger partial charge is 0.497 e. The van der Waals surface area contributed by atoms with E-state index < -0.39 is 29.0 Å². The fraction of sp³-hybridized carbons (Fsp3) is 0.235. The first-order chi connectivity index (χ1) is 12.8. The number of alkyl halides is 3. The molecule has 0 radical (unpaired) electrons. The van der Waals surface area contributed by atoms with Crippen LogP contribution in [0.3, 0.4) is 0 Å². The summed E-state index contributed by atoms with van der Waals surface area (Å²) < 4.78 is 50.2. The standard InChI is InChI=1S/C17H14F3N3O4/c1-3-27-16(25)13-14(17(18,19)20)22-23-12(24)8-11(21-15(13)23)9-4-6-10(26-2)7-5-9/h4-8,21H,3H2,1-2H3. The Morgan fingerprint density at radius 1 is 1.26 bits per heavy atom. The smallest absolute Gasteiger partial charge is 0.436 e. The lowest BCUT2D eigenvalue weighted by Gasteiger charge is -2.07. The van der Waals surface area contributed by atoms with E-state index in [0.29, 0.717) is 15.8 Å². The molecule has 3 aromatic rings. The maximum Gasteiger partial charge on any atom is 0.436 e. The lowest BCUT2D eigenvalue weighted by Crippen LogP contribution is -2.15. The summed E-state index contributed by atoms with van der Waals surface area (Å²) in [5.41, 5.74) is -2.80. The van der Waals surface area contributed by atoms with Gasteiger partial charge in [-0.1, -0.05) is 0 Å². The second-order valence-corrected chi connectivity index (χ2v) is 5.45. The Morgan fingerprint density at radius 2 is 1.93 bits per heavy atom. The van der Waals surface area contributed by atoms with E-state index >= 15 is 0 Å². The molecule has 1 aromatic carbocycles. The summed E-state index contributed by atoms with van der Waals surface area (Å²) >= 11 is 0. The molecule has 0 aliphatic carbocycles. The van der Waals surface area contributed by atoms with Gasteiger partial charge in [-0.05, 0) is 36.8 Å². The maximum absolute atomic E-state index is 13.3. The lowest BCUT2D eigenvalue weighted by molar-refractivity contribution is -0.141. The van der Waals surface area contributed by atoms with Crippen molar-refractivity contribution in [3.8, 4) is 17.0 Å². The van der Waals surface area contributed by atoms with Crippen molar-refractivity contribution < 1.29 is 27.4 Å². The van der Waals surface area contributed by atoms with Crippen LogP contribution in [0, 0.1) is 0 Å². The summed E-state index contributed by atoms with van der Waals surface area (Å²) in [6.07, 6.45) is -4.94. The van der Waals surface area contributed by atoms with E-state index in [9.17, 15) is 22.8 Å². The number of hydrogen-bond acceptors (Lipinski definition) is 5. The van der Waals surface area contributed by atoms with Crippen LogP contribution in [0.4, 0.5) is 13.2 Å². The Hall–Kier alpha value is -3.30. The van der Waals surface area contributed by atoms with Gasteiger partial charge in [0.2, 0.25) is 0 Å². The number of rotatable bonds is 4. The molecule has 0 bridgehead atoms. The van der Waals surface area contributed by atoms with Crippen LogP contribution < -0.4 is 10.3 Å². The molecule has 0 aliphatic heterocycles. The van der Waals surface area contributed by atoms with Crippen LogP contribution in [-0.2, 0) is 10.9 Å². The number of ether oxygens (including phenoxy) is 2. The zero-order valence-electron chi connectivity index (χ0n) is 14.3. The predicted octanol–water partition coefficient (Wildman–Crippen LogP) is 2.89. The van der Waals surface area contributed by atoms with Crippen LogP contribution >= 0.6 is 0 Å². The summed E-state index contributed by atoms with van der Waals surface area (Å²) in [7, 11) is 1.49. The third-order valence-electron chi connectivity index (χ3n) is 3.76. The maximum atomic E-state index is 13.3. The number of methoxy groups -OCH3 is 1. The molecule has 0 atom stereocenters. The topological polar surface area (TPSA) is 85.7 Å². The van der Waals surface area contributed by atoms with Crippen molar-refractivity contribution in [2.24, 2.45) is 0 Å². The van der Waals surface area contributed by atoms with E-state index in [4.69, 9.17) is 9.47 Å². The average molecular weight is 381 g/mol. The van der Waals surface area contributed by atoms with Gasteiger partial charge in [0.05, 0.1) is 19.4 Å². The van der Waals surface area contributed by atoms with Crippen molar-refractivity contribution in [3.05, 3.63) is 51.9 Å². The van der Waals surface area contributed by atoms with Gasteiger partial charge in [-0.25, -0.2) is 4.79 Å². The van der Waals surface area contributed by atoms with Gasteiger partial charge < -0.3 is 14.5 Å². The highest BCUT2D eigenvalue weighted by Gasteiger charge is 2.41. The van der Waals surface area contributed by atoms with Gasteiger partial charge >= 0.3 is 12.1 Å². The molecular formula is C17H14F3N3O4. The zero-order chi connectivity index (χ0) is 19.8. The van der Waals surface area contributed by atoms with Crippen molar-refractivity contribution >= 4 is 11.6 Å². The Bertz CT molecular complexity index is 1050. The molecule has 0 aliphatic rings. The van der Waals surface area contributed by atoms with Crippen LogP contribution in [0.25, 0.3) is 16.9 Å². The number of hydrogen-bond donors (Lipinski definition) is 1. The second kappa shape index (κ2) is 6.78. The summed E-state index contributed by atoms with van der Waals surface area (Å²) in [5, 5.41) is 3.28. The summed E-state index contributed by atoms with van der Waals surface area (Å²) in [6.45, 7) is 1.33. The third kappa shape index (κ3) is 3.37. The number of nitrogens with zero attached hydrogens (tertiary/aromatic N) is 2. The molecule has 2 aromatic heterocycles. The molecule has 0 spiro atoms. The van der Waals surface area contributed by atoms with Gasteiger partial charge in [0, 0.05) is 6.07 Å². The normalized spacial score (nSPS) is 11.6. The van der Waals surface area contributed by atoms with Crippen LogP contribution in [-0.4, -0.2) is 34.3 Å². The Balaban J connectivity index is 2.27. The van der Waals surface area contributed by atoms with Gasteiger partial charge in [0.25, 0.3) is 5.56 Å². The highest BCUT2D eigenvalue weighted by atomic mass is 19.4. The summed E-state index contributed by atoms with van der Waals surface area (Å²) in [5.74, 6) is -0.652. The first-order valence-corrected chi connectivity index (χ1v) is 7.81. The Labute approximate surface area is 150 Å². The van der Waals surface area contributed by atoms with Crippen LogP contribution in [0.1, 0.15) is 23.0 Å². The third-order valence-corrected chi connectivity index (χ3v) is 3.76. The summed E-state index contributed by atoms with van der Waals surface area (Å²) in [4.78, 5) is 27.1. The van der Waals surface area contributed by atoms with Crippen LogP contribution in [0.15, 0.2) is 35.1 Å². The molecule has 2 heterocycles. The molecular weight excluding hydrogens is 367 g/mol. The Kier molecular flexibility index (Phi) is 4.64. The number of fused-ring (bicyclic) bond motifs is 1. The molecule has 0 saturated carbocycles. The average Bonchev–Trinajstić information content (AvgIpc) is 3.02. The fourth-order valence-corrected chi connectivity index (χ4v) is 2.56. The minimum absolute atomic E-state index is 0.129. The highest BCUT2D eigenvalue weighted by Crippen LogP contribution is 2.33. The number of nitrogens with one attached hydrogen (secondary N) is 1. The first kappa shape index (κ1) is 18.5. The number of benzene rings is 1. The Morgan fingerprint density at radius 3 is 2.48 bits per heavy atom. The minimum atomic E-state index is -4.94. The second-order valence-electron chi connectivity index (χ2n) is 5.45. The number of halogens is 3. The van der Waals surface area contributed by atoms with Crippen molar-refractivity contribution in [3.63, 3.8) is 0 Å². The highest BCUT2D eigenvalue weighted by molar-refractivity contribution is 5.97. The van der Waals surface area contributed by atoms with Gasteiger partial charge in [-0.15, -0.1) is 0 Å². The van der Waals surface area contributed by atoms with Crippen molar-refractivity contribution in [2.45, 2.75) is 13.1 Å². The van der Waals surface area contributed by atoms with Crippen LogP contribution in [0.5, 0.6) is 5.75 Å². The predicted molar refractivity (Wildman–Crippen MR) is 88.8 cm³/mol. The van der Waals surface area contributed by atoms with Gasteiger partial charge in [0.15, 0.2) is 11.3 Å². The zero-order valence-corrected chi connectivity index (χ0v) is 14.3. The van der Waals surface area contributed by atoms with Crippen molar-refractivity contribution in [1.29, 1.82) is 0 Å². The molecule has 0 saturated heterocycles. The van der Waals surface area contributed by atoms with Crippen LogP contribution in [0.2, 0.25) is 0 Å². The van der Waals surface area contributed by atoms with Gasteiger partial charge in [-0.2, -0.15) is 22.8 Å². The van der Waals surface area contributed by atoms with Crippen molar-refractivity contribution in [1.82, 2.24) is 14.6 Å². The molecule has 1 N–H and O–H groups in total. The van der Waals surface area contributed by atoms with E-state index in [1.165, 1.54) is 14.0 Å². The van der Waals surface area contributed by atoms with E-state index in [-0.39, 0.29) is 17.9 Å². The number of H-pyrrole nitrogens is 1. The van der Waals surface area contributed by atoms with E-state index in [0.717, 1.165) is 6.07 Å². The molecule has 0 fully saturated rings. The number of carbonyl (C=O) groups is 1. The van der Waals surface area contributed by atoms with E-state index in [1.54, 1.807) is 24.3 Å². The molecule has 142 valence electrons. The van der Waals surface area contributed by atoms with E-state index in [1.807, 2.05) is 0 Å². The number of aromatic amines is 1. The molecule has 3 rings (SSSR count). The SMILES string of the molecule is CCOC(=O)c1c(C(F)(F)F)nn2c(=O)cc(-c3ccc(OC)cc3)[nH]c12. The first-order valence-electron chi connectivity index (χ1n) is 7.81. The van der Waals surface area contributed by atoms with Crippen molar-refractivity contribution in [2.75, 3.05) is 13.7 Å². The number of carbonyl (C=O) groups excluding carboxylic acids is 1. The number of aromatic nitrogens is 3. The minimum Gasteiger partial charge on any atom is -0.497 e. The number of esters is 1. The van der Waals surface area contributed by atoms with Gasteiger partial charge in [0.1, 0.15) is 11.3 Å². The molecule has 27 heavy (non-hydrogen) atoms. The molecule has 0 unspecified atom stereocenters. The molecule has 0 amide bonds. The fourth-order valence-electron chi connectivity index (χ4n) is 2.56. The van der Waals surface area contributed by atoms with E-state index in [2.05, 4.69) is 10.1 Å². The lowest BCUT2D eigenvalue weighted by atomic mass is 10.1. The monoisotopic (exact) mass is 381 g/mol. The molecule has 7 nitrogen and oxygen atoms in total. The summed E-state index contributed by atoms with van der Waals surface area (Å²) in [6, 6.07) is 7.58. The quantitative estimate of drug-likeness (QED) is 0.703. The van der Waals surface area contributed by atoms with Gasteiger partial charge in [-0.3, -0.25) is 4.79 Å².